The number of imidazole rings is 1. The van der Waals surface area contributed by atoms with Crippen molar-refractivity contribution in [1.29, 1.82) is 0 Å². The van der Waals surface area contributed by atoms with E-state index in [1.54, 1.807) is 0 Å². The molecule has 2 N–H and O–H groups in total. The first-order valence-corrected chi connectivity index (χ1v) is 4.77. The maximum absolute atomic E-state index is 8.71. The van der Waals surface area contributed by atoms with Crippen LogP contribution >= 0.6 is 9.39 Å². The van der Waals surface area contributed by atoms with Gasteiger partial charge < -0.3 is 10.1 Å². The normalized spacial score (nSPS) is 11.2. The molecule has 1 unspecified atom stereocenters. The van der Waals surface area contributed by atoms with Crippen LogP contribution in [0.1, 0.15) is 17.2 Å². The number of aromatic amines is 1. The second-order valence-electron chi connectivity index (χ2n) is 3.09. The monoisotopic (exact) mass is 201 g/mol. The van der Waals surface area contributed by atoms with Crippen LogP contribution in [0, 0.1) is 13.8 Å². The Morgan fingerprint density at radius 1 is 1.54 bits per heavy atom. The van der Waals surface area contributed by atoms with Gasteiger partial charge in [-0.05, 0) is 13.8 Å². The summed E-state index contributed by atoms with van der Waals surface area (Å²) in [7, 11) is 2.58. The van der Waals surface area contributed by atoms with Crippen LogP contribution in [0.15, 0.2) is 0 Å². The quantitative estimate of drug-likeness (QED) is 0.702. The van der Waals surface area contributed by atoms with Gasteiger partial charge in [-0.3, -0.25) is 4.67 Å². The molecular weight excluding hydrogens is 185 g/mol. The van der Waals surface area contributed by atoms with E-state index in [1.165, 1.54) is 0 Å². The molecule has 0 amide bonds. The molecule has 0 spiro atoms. The van der Waals surface area contributed by atoms with E-state index in [4.69, 9.17) is 5.11 Å². The second kappa shape index (κ2) is 4.70. The number of nitrogens with zero attached hydrogens (tertiary/aromatic N) is 2. The SMILES string of the molecule is Cc1nc(CN(P)CCO)c(C)[nH]1. The predicted octanol–water partition coefficient (Wildman–Crippen LogP) is 0.611. The van der Waals surface area contributed by atoms with Gasteiger partial charge in [-0.15, -0.1) is 0 Å². The van der Waals surface area contributed by atoms with Crippen LogP contribution in [0.2, 0.25) is 0 Å². The number of hydrogen-bond acceptors (Lipinski definition) is 3. The first-order valence-electron chi connectivity index (χ1n) is 4.26. The number of nitrogens with one attached hydrogen (secondary N) is 1. The maximum atomic E-state index is 8.71. The minimum Gasteiger partial charge on any atom is -0.395 e. The van der Waals surface area contributed by atoms with Crippen LogP contribution in [-0.2, 0) is 6.54 Å². The summed E-state index contributed by atoms with van der Waals surface area (Å²) in [4.78, 5) is 7.49. The third-order valence-electron chi connectivity index (χ3n) is 1.84. The predicted molar refractivity (Wildman–Crippen MR) is 55.3 cm³/mol. The Morgan fingerprint density at radius 2 is 2.23 bits per heavy atom. The molecule has 1 aromatic heterocycles. The number of aromatic nitrogens is 2. The van der Waals surface area contributed by atoms with Crippen molar-refractivity contribution in [2.24, 2.45) is 0 Å². The molecule has 0 aliphatic heterocycles. The molecule has 0 radical (unpaired) electrons. The molecule has 1 atom stereocenters. The van der Waals surface area contributed by atoms with Gasteiger partial charge in [0, 0.05) is 18.8 Å². The van der Waals surface area contributed by atoms with Crippen molar-refractivity contribution in [1.82, 2.24) is 14.6 Å². The number of rotatable bonds is 4. The van der Waals surface area contributed by atoms with Gasteiger partial charge in [-0.1, -0.05) is 9.39 Å². The lowest BCUT2D eigenvalue weighted by molar-refractivity contribution is 0.258. The van der Waals surface area contributed by atoms with Crippen molar-refractivity contribution >= 4 is 9.39 Å². The average molecular weight is 201 g/mol. The average Bonchev–Trinajstić information content (AvgIpc) is 2.30. The molecule has 0 aliphatic carbocycles. The van der Waals surface area contributed by atoms with Gasteiger partial charge >= 0.3 is 0 Å². The highest BCUT2D eigenvalue weighted by Gasteiger charge is 2.06. The van der Waals surface area contributed by atoms with E-state index in [0.29, 0.717) is 6.54 Å². The summed E-state index contributed by atoms with van der Waals surface area (Å²) in [5.74, 6) is 0.940. The summed E-state index contributed by atoms with van der Waals surface area (Å²) >= 11 is 0. The number of aliphatic hydroxyl groups excluding tert-OH is 1. The topological polar surface area (TPSA) is 52.1 Å². The van der Waals surface area contributed by atoms with Crippen LogP contribution in [0.5, 0.6) is 0 Å². The summed E-state index contributed by atoms with van der Waals surface area (Å²) in [6.07, 6.45) is 0. The molecule has 1 rings (SSSR count). The Hall–Kier alpha value is -0.440. The fourth-order valence-corrected chi connectivity index (χ4v) is 1.50. The van der Waals surface area contributed by atoms with Crippen molar-refractivity contribution in [3.8, 4) is 0 Å². The van der Waals surface area contributed by atoms with Crippen LogP contribution in [0.25, 0.3) is 0 Å². The lowest BCUT2D eigenvalue weighted by Gasteiger charge is -2.12. The zero-order valence-electron chi connectivity index (χ0n) is 8.04. The Morgan fingerprint density at radius 3 is 2.69 bits per heavy atom. The van der Waals surface area contributed by atoms with E-state index in [2.05, 4.69) is 19.4 Å². The summed E-state index contributed by atoms with van der Waals surface area (Å²) in [5.41, 5.74) is 2.14. The molecular formula is C8H16N3OP. The molecule has 0 aliphatic rings. The molecule has 1 aromatic rings. The number of aryl methyl sites for hydroxylation is 2. The van der Waals surface area contributed by atoms with Gasteiger partial charge in [0.15, 0.2) is 0 Å². The lowest BCUT2D eigenvalue weighted by Crippen LogP contribution is -2.16. The van der Waals surface area contributed by atoms with Gasteiger partial charge in [0.05, 0.1) is 12.3 Å². The maximum Gasteiger partial charge on any atom is 0.103 e. The van der Waals surface area contributed by atoms with Crippen LogP contribution in [0.3, 0.4) is 0 Å². The molecule has 0 fully saturated rings. The van der Waals surface area contributed by atoms with Crippen molar-refractivity contribution in [2.75, 3.05) is 13.2 Å². The molecule has 0 bridgehead atoms. The van der Waals surface area contributed by atoms with E-state index >= 15 is 0 Å². The van der Waals surface area contributed by atoms with E-state index in [1.807, 2.05) is 18.5 Å². The van der Waals surface area contributed by atoms with E-state index in [9.17, 15) is 0 Å². The Kier molecular flexibility index (Phi) is 3.85. The van der Waals surface area contributed by atoms with Crippen LogP contribution < -0.4 is 0 Å². The van der Waals surface area contributed by atoms with Gasteiger partial charge in [-0.25, -0.2) is 4.98 Å². The highest BCUT2D eigenvalue weighted by Crippen LogP contribution is 2.10. The molecule has 1 heterocycles. The fraction of sp³-hybridized carbons (Fsp3) is 0.625. The van der Waals surface area contributed by atoms with Gasteiger partial charge in [0.25, 0.3) is 0 Å². The minimum atomic E-state index is 0.173. The molecule has 74 valence electrons. The lowest BCUT2D eigenvalue weighted by atomic mass is 10.3. The highest BCUT2D eigenvalue weighted by atomic mass is 31.0. The van der Waals surface area contributed by atoms with Crippen LogP contribution in [-0.4, -0.2) is 32.9 Å². The molecule has 4 nitrogen and oxygen atoms in total. The zero-order valence-corrected chi connectivity index (χ0v) is 9.20. The van der Waals surface area contributed by atoms with Gasteiger partial charge in [0.2, 0.25) is 0 Å². The van der Waals surface area contributed by atoms with Crippen molar-refractivity contribution in [3.63, 3.8) is 0 Å². The second-order valence-corrected chi connectivity index (χ2v) is 3.82. The molecule has 5 heteroatoms. The Balaban J connectivity index is 2.57. The minimum absolute atomic E-state index is 0.173. The number of aliphatic hydroxyl groups is 1. The standard InChI is InChI=1S/C8H16N3OP/c1-6-8(10-7(2)9-6)5-11(13)3-4-12/h12H,3-5,13H2,1-2H3,(H,9,10). The van der Waals surface area contributed by atoms with Crippen molar-refractivity contribution in [2.45, 2.75) is 20.4 Å². The number of H-pyrrole nitrogens is 1. The summed E-state index contributed by atoms with van der Waals surface area (Å²) in [6, 6.07) is 0. The smallest absolute Gasteiger partial charge is 0.103 e. The van der Waals surface area contributed by atoms with E-state index in [0.717, 1.165) is 23.8 Å². The van der Waals surface area contributed by atoms with E-state index in [-0.39, 0.29) is 6.61 Å². The zero-order chi connectivity index (χ0) is 9.84. The van der Waals surface area contributed by atoms with Gasteiger partial charge in [-0.2, -0.15) is 0 Å². The first-order chi connectivity index (χ1) is 6.13. The van der Waals surface area contributed by atoms with Crippen molar-refractivity contribution < 1.29 is 5.11 Å². The fourth-order valence-electron chi connectivity index (χ4n) is 1.21. The molecule has 0 aromatic carbocycles. The Bertz CT molecular complexity index is 274. The summed E-state index contributed by atoms with van der Waals surface area (Å²) in [5, 5.41) is 8.71. The first kappa shape index (κ1) is 10.6. The largest absolute Gasteiger partial charge is 0.395 e. The number of hydrogen-bond donors (Lipinski definition) is 2. The third kappa shape index (κ3) is 3.07. The van der Waals surface area contributed by atoms with Crippen molar-refractivity contribution in [3.05, 3.63) is 17.2 Å². The van der Waals surface area contributed by atoms with Gasteiger partial charge in [0.1, 0.15) is 5.82 Å². The third-order valence-corrected chi connectivity index (χ3v) is 2.28. The Labute approximate surface area is 80.6 Å². The van der Waals surface area contributed by atoms with E-state index < -0.39 is 0 Å². The summed E-state index contributed by atoms with van der Waals surface area (Å²) in [6.45, 7) is 5.52. The molecule has 0 saturated heterocycles. The highest BCUT2D eigenvalue weighted by molar-refractivity contribution is 7.13. The van der Waals surface area contributed by atoms with Crippen LogP contribution in [0.4, 0.5) is 0 Å². The molecule has 0 saturated carbocycles. The summed E-state index contributed by atoms with van der Waals surface area (Å²) < 4.78 is 1.96. The molecule has 13 heavy (non-hydrogen) atoms.